The maximum Gasteiger partial charge on any atom is 0.349 e. The van der Waals surface area contributed by atoms with Gasteiger partial charge in [0, 0.05) is 11.6 Å². The van der Waals surface area contributed by atoms with Crippen LogP contribution in [0.3, 0.4) is 0 Å². The molecule has 0 radical (unpaired) electrons. The number of hydrogen-bond donors (Lipinski definition) is 1. The molecule has 220 valence electrons. The van der Waals surface area contributed by atoms with E-state index in [-0.39, 0.29) is 23.0 Å². The second-order valence-electron chi connectivity index (χ2n) is 8.77. The Balaban J connectivity index is 1.58. The third-order valence-electron chi connectivity index (χ3n) is 5.99. The fourth-order valence-corrected chi connectivity index (χ4v) is 4.15. The quantitative estimate of drug-likeness (QED) is 0.104. The third kappa shape index (κ3) is 5.88. The zero-order valence-corrected chi connectivity index (χ0v) is 22.2. The van der Waals surface area contributed by atoms with Gasteiger partial charge in [0.25, 0.3) is 0 Å². The number of carbonyl (C=O) groups excluding carboxylic acids is 1. The van der Waals surface area contributed by atoms with Crippen molar-refractivity contribution in [1.29, 1.82) is 5.26 Å². The summed E-state index contributed by atoms with van der Waals surface area (Å²) in [6.07, 6.45) is 0.786. The molecule has 0 amide bonds. The molecule has 8 nitrogen and oxygen atoms in total. The lowest BCUT2D eigenvalue weighted by atomic mass is 9.83. The lowest BCUT2D eigenvalue weighted by Gasteiger charge is -2.27. The Morgan fingerprint density at radius 2 is 1.62 bits per heavy atom. The molecule has 2 N–H and O–H groups in total. The summed E-state index contributed by atoms with van der Waals surface area (Å²) >= 11 is 0. The molecule has 4 rings (SSSR count). The summed E-state index contributed by atoms with van der Waals surface area (Å²) in [5.41, 5.74) is 7.28. The van der Waals surface area contributed by atoms with Crippen molar-refractivity contribution in [2.45, 2.75) is 26.2 Å². The van der Waals surface area contributed by atoms with Gasteiger partial charge >= 0.3 is 5.97 Å². The van der Waals surface area contributed by atoms with E-state index in [0.29, 0.717) is 35.8 Å². The highest BCUT2D eigenvalue weighted by molar-refractivity contribution is 5.74. The summed E-state index contributed by atoms with van der Waals surface area (Å²) in [4.78, 5) is 12.3. The minimum atomic E-state index is -2.37. The molecule has 42 heavy (non-hydrogen) atoms. The molecular weight excluding hydrogens is 567 g/mol. The molecule has 1 unspecified atom stereocenters. The summed E-state index contributed by atoms with van der Waals surface area (Å²) in [6.45, 7) is 3.43. The van der Waals surface area contributed by atoms with Crippen LogP contribution in [0.4, 0.5) is 22.0 Å². The standard InChI is InChI=1S/C29H23F5N2O6/c1-3-9-39-18-8-5-14(10-20(18)38-4-2)22-16-7-6-15(11-19(16)42-29(36)17(22)12-35)41-21(37)13-40-28-26(33)24(31)23(30)25(32)27(28)34/h5-8,10-11,22H,3-4,9,13,36H2,1-2H3. The molecule has 1 aliphatic rings. The first-order valence-electron chi connectivity index (χ1n) is 12.6. The van der Waals surface area contributed by atoms with Gasteiger partial charge in [0.15, 0.2) is 23.9 Å². The summed E-state index contributed by atoms with van der Waals surface area (Å²) in [6, 6.07) is 11.4. The highest BCUT2D eigenvalue weighted by Crippen LogP contribution is 2.45. The van der Waals surface area contributed by atoms with E-state index in [2.05, 4.69) is 10.8 Å². The number of halogens is 5. The molecule has 0 bridgehead atoms. The van der Waals surface area contributed by atoms with Crippen LogP contribution in [0.5, 0.6) is 28.7 Å². The molecule has 13 heteroatoms. The maximum absolute atomic E-state index is 13.8. The van der Waals surface area contributed by atoms with E-state index in [9.17, 15) is 32.0 Å². The zero-order valence-electron chi connectivity index (χ0n) is 22.2. The minimum Gasteiger partial charge on any atom is -0.490 e. The predicted octanol–water partition coefficient (Wildman–Crippen LogP) is 5.77. The van der Waals surface area contributed by atoms with Gasteiger partial charge in [-0.3, -0.25) is 0 Å². The first-order chi connectivity index (χ1) is 20.1. The number of benzene rings is 3. The van der Waals surface area contributed by atoms with E-state index < -0.39 is 53.3 Å². The van der Waals surface area contributed by atoms with Crippen molar-refractivity contribution in [3.05, 3.63) is 88.1 Å². The molecule has 1 aliphatic heterocycles. The molecule has 0 saturated carbocycles. The van der Waals surface area contributed by atoms with E-state index >= 15 is 0 Å². The van der Waals surface area contributed by atoms with Gasteiger partial charge < -0.3 is 29.4 Å². The van der Waals surface area contributed by atoms with Gasteiger partial charge in [0.1, 0.15) is 23.1 Å². The van der Waals surface area contributed by atoms with E-state index in [1.807, 2.05) is 13.8 Å². The average molecular weight is 591 g/mol. The highest BCUT2D eigenvalue weighted by Gasteiger charge is 2.32. The molecule has 3 aromatic carbocycles. The van der Waals surface area contributed by atoms with Crippen LogP contribution >= 0.6 is 0 Å². The van der Waals surface area contributed by atoms with Gasteiger partial charge in [-0.25, -0.2) is 18.0 Å². The van der Waals surface area contributed by atoms with Crippen LogP contribution in [0.25, 0.3) is 0 Å². The fraction of sp³-hybridized carbons (Fsp3) is 0.241. The smallest absolute Gasteiger partial charge is 0.349 e. The first-order valence-corrected chi connectivity index (χ1v) is 12.6. The van der Waals surface area contributed by atoms with Crippen molar-refractivity contribution < 1.29 is 50.4 Å². The Labute approximate surface area is 236 Å². The SMILES string of the molecule is CCCOc1ccc(C2C(C#N)=C(N)Oc3cc(OC(=O)COc4c(F)c(F)c(F)c(F)c4F)ccc32)cc1OCC. The van der Waals surface area contributed by atoms with Crippen molar-refractivity contribution in [2.24, 2.45) is 5.73 Å². The Kier molecular flexibility index (Phi) is 9.05. The topological polar surface area (TPSA) is 113 Å². The number of carbonyl (C=O) groups is 1. The number of allylic oxidation sites excluding steroid dienone is 1. The van der Waals surface area contributed by atoms with Crippen molar-refractivity contribution >= 4 is 5.97 Å². The molecule has 0 aromatic heterocycles. The predicted molar refractivity (Wildman–Crippen MR) is 136 cm³/mol. The van der Waals surface area contributed by atoms with Crippen molar-refractivity contribution in [3.8, 4) is 34.8 Å². The van der Waals surface area contributed by atoms with E-state index in [0.717, 1.165) is 6.42 Å². The zero-order chi connectivity index (χ0) is 30.6. The summed E-state index contributed by atoms with van der Waals surface area (Å²) in [5, 5.41) is 9.85. The van der Waals surface area contributed by atoms with Crippen LogP contribution in [0.1, 0.15) is 37.3 Å². The number of rotatable bonds is 10. The van der Waals surface area contributed by atoms with Gasteiger partial charge in [-0.15, -0.1) is 0 Å². The highest BCUT2D eigenvalue weighted by atomic mass is 19.2. The van der Waals surface area contributed by atoms with Crippen LogP contribution in [-0.4, -0.2) is 25.8 Å². The fourth-order valence-electron chi connectivity index (χ4n) is 4.15. The van der Waals surface area contributed by atoms with Gasteiger partial charge in [0.2, 0.25) is 35.0 Å². The Hall–Kier alpha value is -4.99. The molecule has 1 atom stereocenters. The van der Waals surface area contributed by atoms with Crippen molar-refractivity contribution in [2.75, 3.05) is 19.8 Å². The van der Waals surface area contributed by atoms with E-state index in [1.165, 1.54) is 18.2 Å². The maximum atomic E-state index is 13.8. The number of esters is 1. The molecule has 0 saturated heterocycles. The first kappa shape index (κ1) is 30.0. The number of ether oxygens (including phenoxy) is 5. The summed E-state index contributed by atoms with van der Waals surface area (Å²) in [7, 11) is 0. The van der Waals surface area contributed by atoms with Gasteiger partial charge in [0.05, 0.1) is 19.1 Å². The average Bonchev–Trinajstić information content (AvgIpc) is 2.97. The van der Waals surface area contributed by atoms with E-state index in [1.54, 1.807) is 18.2 Å². The Bertz CT molecular complexity index is 1580. The number of nitrogens with two attached hydrogens (primary N) is 1. The molecule has 1 heterocycles. The Morgan fingerprint density at radius 1 is 0.929 bits per heavy atom. The summed E-state index contributed by atoms with van der Waals surface area (Å²) in [5.74, 6) is -14.0. The lowest BCUT2D eigenvalue weighted by molar-refractivity contribution is -0.136. The molecule has 0 aliphatic carbocycles. The largest absolute Gasteiger partial charge is 0.490 e. The van der Waals surface area contributed by atoms with Crippen LogP contribution < -0.4 is 29.4 Å². The Morgan fingerprint density at radius 3 is 2.26 bits per heavy atom. The van der Waals surface area contributed by atoms with Gasteiger partial charge in [-0.05, 0) is 37.1 Å². The molecule has 0 spiro atoms. The second-order valence-corrected chi connectivity index (χ2v) is 8.77. The van der Waals surface area contributed by atoms with Crippen LogP contribution in [-0.2, 0) is 4.79 Å². The second kappa shape index (κ2) is 12.7. The van der Waals surface area contributed by atoms with E-state index in [4.69, 9.17) is 24.7 Å². The lowest BCUT2D eigenvalue weighted by Crippen LogP contribution is -2.22. The molecular formula is C29H23F5N2O6. The summed E-state index contributed by atoms with van der Waals surface area (Å²) < 4.78 is 94.3. The molecule has 0 fully saturated rings. The van der Waals surface area contributed by atoms with Crippen molar-refractivity contribution in [1.82, 2.24) is 0 Å². The van der Waals surface area contributed by atoms with Crippen molar-refractivity contribution in [3.63, 3.8) is 0 Å². The van der Waals surface area contributed by atoms with Gasteiger partial charge in [-0.1, -0.05) is 19.1 Å². The van der Waals surface area contributed by atoms with Gasteiger partial charge in [-0.2, -0.15) is 14.0 Å². The number of nitrogens with zero attached hydrogens (tertiary/aromatic N) is 1. The van der Waals surface area contributed by atoms with Crippen LogP contribution in [0.15, 0.2) is 47.9 Å². The molecule has 3 aromatic rings. The normalized spacial score (nSPS) is 14.0. The number of fused-ring (bicyclic) bond motifs is 1. The van der Waals surface area contributed by atoms with Crippen LogP contribution in [0.2, 0.25) is 0 Å². The third-order valence-corrected chi connectivity index (χ3v) is 5.99. The minimum absolute atomic E-state index is 0.119. The van der Waals surface area contributed by atoms with Crippen LogP contribution in [0, 0.1) is 40.4 Å². The number of hydrogen-bond acceptors (Lipinski definition) is 8. The monoisotopic (exact) mass is 590 g/mol. The number of nitriles is 1.